The van der Waals surface area contributed by atoms with Crippen molar-refractivity contribution in [3.63, 3.8) is 0 Å². The van der Waals surface area contributed by atoms with Crippen molar-refractivity contribution >= 4 is 11.8 Å². The highest BCUT2D eigenvalue weighted by atomic mass is 19.1. The molecule has 0 unspecified atom stereocenters. The molecule has 2 atom stereocenters. The minimum Gasteiger partial charge on any atom is -0.354 e. The Morgan fingerprint density at radius 2 is 2.00 bits per heavy atom. The van der Waals surface area contributed by atoms with E-state index in [0.717, 1.165) is 19.3 Å². The lowest BCUT2D eigenvalue weighted by Crippen LogP contribution is -2.39. The van der Waals surface area contributed by atoms with Gasteiger partial charge < -0.3 is 16.4 Å². The first-order valence-electron chi connectivity index (χ1n) is 8.05. The van der Waals surface area contributed by atoms with E-state index in [0.29, 0.717) is 25.2 Å². The van der Waals surface area contributed by atoms with E-state index in [9.17, 15) is 14.0 Å². The Balaban J connectivity index is 1.73. The van der Waals surface area contributed by atoms with E-state index < -0.39 is 5.82 Å². The fraction of sp³-hybridized carbons (Fsp3) is 0.529. The molecule has 1 aliphatic rings. The number of carbonyl (C=O) groups excluding carboxylic acids is 2. The first kappa shape index (κ1) is 17.4. The molecule has 4 N–H and O–H groups in total. The van der Waals surface area contributed by atoms with Gasteiger partial charge in [-0.25, -0.2) is 4.39 Å². The molecule has 1 saturated carbocycles. The quantitative estimate of drug-likeness (QED) is 0.692. The molecule has 0 aromatic heterocycles. The van der Waals surface area contributed by atoms with Crippen molar-refractivity contribution in [1.82, 2.24) is 10.6 Å². The number of amides is 2. The Labute approximate surface area is 135 Å². The second kappa shape index (κ2) is 8.06. The largest absolute Gasteiger partial charge is 0.354 e. The summed E-state index contributed by atoms with van der Waals surface area (Å²) in [6.07, 6.45) is 2.92. The van der Waals surface area contributed by atoms with Gasteiger partial charge in [0.25, 0.3) is 5.91 Å². The number of carbonyl (C=O) groups is 2. The second-order valence-corrected chi connectivity index (χ2v) is 6.04. The predicted octanol–water partition coefficient (Wildman–Crippen LogP) is 1.36. The van der Waals surface area contributed by atoms with Crippen LogP contribution in [-0.4, -0.2) is 31.4 Å². The molecule has 0 spiro atoms. The Morgan fingerprint density at radius 1 is 1.26 bits per heavy atom. The average Bonchev–Trinajstić information content (AvgIpc) is 3.02. The fourth-order valence-corrected chi connectivity index (χ4v) is 2.99. The van der Waals surface area contributed by atoms with Crippen LogP contribution in [0.25, 0.3) is 0 Å². The number of nitrogens with two attached hydrogens (primary N) is 1. The van der Waals surface area contributed by atoms with Gasteiger partial charge in [-0.15, -0.1) is 0 Å². The number of hydrogen-bond donors (Lipinski definition) is 3. The summed E-state index contributed by atoms with van der Waals surface area (Å²) in [4.78, 5) is 24.0. The highest BCUT2D eigenvalue weighted by molar-refractivity contribution is 5.94. The summed E-state index contributed by atoms with van der Waals surface area (Å²) < 4.78 is 13.4. The zero-order valence-corrected chi connectivity index (χ0v) is 13.4. The zero-order valence-electron chi connectivity index (χ0n) is 13.4. The van der Waals surface area contributed by atoms with E-state index in [4.69, 9.17) is 5.73 Å². The van der Waals surface area contributed by atoms with Gasteiger partial charge in [0.2, 0.25) is 5.91 Å². The number of benzene rings is 1. The van der Waals surface area contributed by atoms with Crippen LogP contribution in [0.15, 0.2) is 18.2 Å². The van der Waals surface area contributed by atoms with Gasteiger partial charge in [0, 0.05) is 24.6 Å². The molecule has 1 aromatic carbocycles. The van der Waals surface area contributed by atoms with Crippen molar-refractivity contribution in [3.8, 4) is 0 Å². The lowest BCUT2D eigenvalue weighted by Gasteiger charge is -2.17. The van der Waals surface area contributed by atoms with E-state index >= 15 is 0 Å². The zero-order chi connectivity index (χ0) is 16.8. The van der Waals surface area contributed by atoms with Gasteiger partial charge in [-0.3, -0.25) is 9.59 Å². The van der Waals surface area contributed by atoms with Gasteiger partial charge in [0.15, 0.2) is 0 Å². The standard InChI is InChI=1S/C17H24FN3O2/c1-11-5-6-12(9-15(11)18)16(22)20-7-8-21-17(23)14-4-2-3-13(14)10-19/h5-6,9,13-14H,2-4,7-8,10,19H2,1H3,(H,20,22)(H,21,23)/t13-,14-/m1/s1. The summed E-state index contributed by atoms with van der Waals surface area (Å²) in [5.74, 6) is -0.491. The van der Waals surface area contributed by atoms with Crippen LogP contribution in [0.1, 0.15) is 35.2 Å². The maximum atomic E-state index is 13.4. The Kier molecular flexibility index (Phi) is 6.10. The molecular weight excluding hydrogens is 297 g/mol. The van der Waals surface area contributed by atoms with Crippen molar-refractivity contribution in [1.29, 1.82) is 0 Å². The number of rotatable bonds is 6. The van der Waals surface area contributed by atoms with Crippen LogP contribution in [0.5, 0.6) is 0 Å². The first-order valence-corrected chi connectivity index (χ1v) is 8.05. The topological polar surface area (TPSA) is 84.2 Å². The van der Waals surface area contributed by atoms with E-state index in [-0.39, 0.29) is 29.2 Å². The minimum atomic E-state index is -0.403. The van der Waals surface area contributed by atoms with Crippen molar-refractivity contribution in [2.24, 2.45) is 17.6 Å². The van der Waals surface area contributed by atoms with Gasteiger partial charge in [-0.2, -0.15) is 0 Å². The van der Waals surface area contributed by atoms with Crippen LogP contribution < -0.4 is 16.4 Å². The van der Waals surface area contributed by atoms with Crippen LogP contribution in [0.2, 0.25) is 0 Å². The second-order valence-electron chi connectivity index (χ2n) is 6.04. The minimum absolute atomic E-state index is 0.00794. The molecule has 2 amide bonds. The monoisotopic (exact) mass is 321 g/mol. The first-order chi connectivity index (χ1) is 11.0. The average molecular weight is 321 g/mol. The third-order valence-corrected chi connectivity index (χ3v) is 4.44. The number of halogens is 1. The number of aryl methyl sites for hydroxylation is 1. The van der Waals surface area contributed by atoms with Crippen LogP contribution in [0, 0.1) is 24.6 Å². The summed E-state index contributed by atoms with van der Waals surface area (Å²) >= 11 is 0. The van der Waals surface area contributed by atoms with Crippen molar-refractivity contribution in [2.75, 3.05) is 19.6 Å². The summed E-state index contributed by atoms with van der Waals surface area (Å²) in [6.45, 7) is 2.84. The Hall–Kier alpha value is -1.95. The predicted molar refractivity (Wildman–Crippen MR) is 86.4 cm³/mol. The van der Waals surface area contributed by atoms with E-state index in [2.05, 4.69) is 10.6 Å². The van der Waals surface area contributed by atoms with E-state index in [1.807, 2.05) is 0 Å². The molecule has 1 fully saturated rings. The summed E-state index contributed by atoms with van der Waals surface area (Å²) in [7, 11) is 0. The van der Waals surface area contributed by atoms with Crippen LogP contribution in [0.4, 0.5) is 4.39 Å². The molecule has 2 rings (SSSR count). The lowest BCUT2D eigenvalue weighted by atomic mass is 9.95. The Bertz CT molecular complexity index is 577. The summed E-state index contributed by atoms with van der Waals surface area (Å²) in [5.41, 5.74) is 6.45. The van der Waals surface area contributed by atoms with Gasteiger partial charge in [-0.05, 0) is 49.9 Å². The number of hydrogen-bond acceptors (Lipinski definition) is 3. The van der Waals surface area contributed by atoms with Crippen molar-refractivity contribution in [2.45, 2.75) is 26.2 Å². The fourth-order valence-electron chi connectivity index (χ4n) is 2.99. The molecule has 0 radical (unpaired) electrons. The van der Waals surface area contributed by atoms with E-state index in [1.165, 1.54) is 6.07 Å². The number of nitrogens with one attached hydrogen (secondary N) is 2. The van der Waals surface area contributed by atoms with Crippen LogP contribution in [-0.2, 0) is 4.79 Å². The van der Waals surface area contributed by atoms with Crippen molar-refractivity contribution < 1.29 is 14.0 Å². The molecule has 6 heteroatoms. The maximum Gasteiger partial charge on any atom is 0.251 e. The third-order valence-electron chi connectivity index (χ3n) is 4.44. The van der Waals surface area contributed by atoms with Gasteiger partial charge in [-0.1, -0.05) is 12.5 Å². The van der Waals surface area contributed by atoms with Gasteiger partial charge in [0.1, 0.15) is 5.82 Å². The highest BCUT2D eigenvalue weighted by Crippen LogP contribution is 2.30. The molecule has 1 aliphatic carbocycles. The SMILES string of the molecule is Cc1ccc(C(=O)NCCNC(=O)[C@@H]2CCC[C@@H]2CN)cc1F. The molecule has 0 heterocycles. The summed E-state index contributed by atoms with van der Waals surface area (Å²) in [5, 5.41) is 5.50. The smallest absolute Gasteiger partial charge is 0.251 e. The normalized spacial score (nSPS) is 20.3. The lowest BCUT2D eigenvalue weighted by molar-refractivity contribution is -0.125. The molecular formula is C17H24FN3O2. The van der Waals surface area contributed by atoms with Gasteiger partial charge >= 0.3 is 0 Å². The molecule has 0 saturated heterocycles. The molecule has 1 aromatic rings. The van der Waals surface area contributed by atoms with E-state index in [1.54, 1.807) is 19.1 Å². The summed E-state index contributed by atoms with van der Waals surface area (Å²) in [6, 6.07) is 4.36. The molecule has 0 aliphatic heterocycles. The Morgan fingerprint density at radius 3 is 2.70 bits per heavy atom. The molecule has 126 valence electrons. The van der Waals surface area contributed by atoms with Crippen LogP contribution >= 0.6 is 0 Å². The maximum absolute atomic E-state index is 13.4. The third kappa shape index (κ3) is 4.51. The molecule has 5 nitrogen and oxygen atoms in total. The van der Waals surface area contributed by atoms with Crippen LogP contribution in [0.3, 0.4) is 0 Å². The molecule has 0 bridgehead atoms. The van der Waals surface area contributed by atoms with Gasteiger partial charge in [0.05, 0.1) is 0 Å². The molecule has 23 heavy (non-hydrogen) atoms. The highest BCUT2D eigenvalue weighted by Gasteiger charge is 2.31. The van der Waals surface area contributed by atoms with Crippen molar-refractivity contribution in [3.05, 3.63) is 35.1 Å².